The normalized spacial score (nSPS) is 14.1. The maximum absolute atomic E-state index is 9.50. The van der Waals surface area contributed by atoms with Crippen LogP contribution < -0.4 is 5.32 Å². The number of nitrogens with one attached hydrogen (secondary N) is 1. The quantitative estimate of drug-likeness (QED) is 0.584. The van der Waals surface area contributed by atoms with Crippen LogP contribution in [0.4, 0.5) is 5.69 Å². The van der Waals surface area contributed by atoms with Crippen molar-refractivity contribution in [2.45, 2.75) is 52.4 Å². The summed E-state index contributed by atoms with van der Waals surface area (Å²) in [4.78, 5) is 12.1. The van der Waals surface area contributed by atoms with E-state index < -0.39 is 0 Å². The maximum Gasteiger partial charge on any atom is 0.122 e. The van der Waals surface area contributed by atoms with Gasteiger partial charge in [0, 0.05) is 25.3 Å². The molecule has 172 valence electrons. The highest BCUT2D eigenvalue weighted by atomic mass is 16.2. The summed E-state index contributed by atoms with van der Waals surface area (Å²) in [6.45, 7) is 9.35. The Morgan fingerprint density at radius 3 is 2.26 bits per heavy atom. The lowest BCUT2D eigenvalue weighted by Crippen LogP contribution is -2.33. The van der Waals surface area contributed by atoms with Crippen LogP contribution in [0.1, 0.15) is 57.1 Å². The highest BCUT2D eigenvalue weighted by molar-refractivity contribution is 5.51. The van der Waals surface area contributed by atoms with Gasteiger partial charge in [0.15, 0.2) is 0 Å². The molecule has 0 bridgehead atoms. The van der Waals surface area contributed by atoms with Crippen molar-refractivity contribution >= 4 is 12.0 Å². The second-order valence-corrected chi connectivity index (χ2v) is 8.28. The molecule has 4 heteroatoms. The number of aryl methyl sites for hydroxylation is 1. The van der Waals surface area contributed by atoms with Crippen molar-refractivity contribution in [3.63, 3.8) is 0 Å². The van der Waals surface area contributed by atoms with Gasteiger partial charge in [-0.05, 0) is 81.4 Å². The minimum absolute atomic E-state index is 0.204. The van der Waals surface area contributed by atoms with Gasteiger partial charge in [0.1, 0.15) is 6.29 Å². The van der Waals surface area contributed by atoms with E-state index in [4.69, 9.17) is 5.11 Å². The molecule has 0 aromatic heterocycles. The molecule has 1 saturated heterocycles. The predicted molar refractivity (Wildman–Crippen MR) is 133 cm³/mol. The van der Waals surface area contributed by atoms with Crippen molar-refractivity contribution in [1.82, 2.24) is 4.90 Å². The highest BCUT2D eigenvalue weighted by Crippen LogP contribution is 2.29. The number of rotatable bonds is 7. The first kappa shape index (κ1) is 26.9. The Hall–Kier alpha value is -2.17. The van der Waals surface area contributed by atoms with Crippen LogP contribution in [-0.2, 0) is 11.2 Å². The van der Waals surface area contributed by atoms with Crippen LogP contribution in [0.5, 0.6) is 0 Å². The lowest BCUT2D eigenvalue weighted by atomic mass is 9.89. The lowest BCUT2D eigenvalue weighted by molar-refractivity contribution is -0.110. The van der Waals surface area contributed by atoms with Crippen LogP contribution in [-0.4, -0.2) is 49.6 Å². The highest BCUT2D eigenvalue weighted by Gasteiger charge is 2.20. The number of piperidine rings is 1. The topological polar surface area (TPSA) is 52.6 Å². The summed E-state index contributed by atoms with van der Waals surface area (Å²) in [5, 5.41) is 10.8. The number of carbonyl (C=O) groups is 1. The third-order valence-electron chi connectivity index (χ3n) is 5.29. The van der Waals surface area contributed by atoms with Crippen molar-refractivity contribution in [1.29, 1.82) is 0 Å². The van der Waals surface area contributed by atoms with E-state index in [1.54, 1.807) is 6.92 Å². The summed E-state index contributed by atoms with van der Waals surface area (Å²) in [6, 6.07) is 19.8. The van der Waals surface area contributed by atoms with Gasteiger partial charge < -0.3 is 20.1 Å². The Balaban J connectivity index is 0.000000519. The minimum Gasteiger partial charge on any atom is -0.397 e. The minimum atomic E-state index is 0.204. The van der Waals surface area contributed by atoms with Crippen molar-refractivity contribution < 1.29 is 9.90 Å². The molecule has 0 aliphatic carbocycles. The molecule has 4 nitrogen and oxygen atoms in total. The zero-order valence-corrected chi connectivity index (χ0v) is 19.9. The average molecular weight is 427 g/mol. The van der Waals surface area contributed by atoms with E-state index in [1.807, 2.05) is 20.9 Å². The number of benzene rings is 2. The number of anilines is 1. The van der Waals surface area contributed by atoms with Crippen LogP contribution in [0.15, 0.2) is 54.6 Å². The summed E-state index contributed by atoms with van der Waals surface area (Å²) in [5.41, 5.74) is 4.19. The number of aliphatic hydroxyl groups excluding tert-OH is 1. The van der Waals surface area contributed by atoms with Gasteiger partial charge in [0.2, 0.25) is 0 Å². The molecular weight excluding hydrogens is 384 g/mol. The van der Waals surface area contributed by atoms with Gasteiger partial charge in [0.05, 0.1) is 0 Å². The zero-order chi connectivity index (χ0) is 22.9. The Morgan fingerprint density at radius 2 is 1.71 bits per heavy atom. The van der Waals surface area contributed by atoms with E-state index in [0.717, 1.165) is 12.2 Å². The van der Waals surface area contributed by atoms with Crippen molar-refractivity contribution in [3.05, 3.63) is 65.7 Å². The molecule has 1 aliphatic heterocycles. The molecule has 2 aromatic carbocycles. The zero-order valence-electron chi connectivity index (χ0n) is 19.9. The second-order valence-electron chi connectivity index (χ2n) is 8.28. The van der Waals surface area contributed by atoms with Gasteiger partial charge >= 0.3 is 0 Å². The Kier molecular flexibility index (Phi) is 14.3. The largest absolute Gasteiger partial charge is 0.397 e. The molecule has 3 rings (SSSR count). The van der Waals surface area contributed by atoms with E-state index in [9.17, 15) is 4.79 Å². The molecule has 2 N–H and O–H groups in total. The van der Waals surface area contributed by atoms with Gasteiger partial charge in [-0.25, -0.2) is 0 Å². The Bertz CT molecular complexity index is 695. The number of nitrogens with zero attached hydrogens (tertiary/aromatic N) is 1. The van der Waals surface area contributed by atoms with Crippen molar-refractivity contribution in [3.8, 4) is 0 Å². The summed E-state index contributed by atoms with van der Waals surface area (Å²) in [5.74, 6) is 0.934. The fourth-order valence-corrected chi connectivity index (χ4v) is 3.59. The van der Waals surface area contributed by atoms with Crippen molar-refractivity contribution in [2.24, 2.45) is 5.92 Å². The van der Waals surface area contributed by atoms with Gasteiger partial charge in [0.25, 0.3) is 0 Å². The second kappa shape index (κ2) is 16.5. The van der Waals surface area contributed by atoms with E-state index in [2.05, 4.69) is 64.8 Å². The van der Waals surface area contributed by atoms with E-state index in [0.29, 0.717) is 0 Å². The molecule has 0 saturated carbocycles. The van der Waals surface area contributed by atoms with Gasteiger partial charge in [-0.1, -0.05) is 56.3 Å². The lowest BCUT2D eigenvalue weighted by Gasteiger charge is -2.32. The number of aldehydes is 1. The Labute approximate surface area is 189 Å². The number of likely N-dealkylation sites (tertiary alicyclic amines) is 1. The molecule has 0 unspecified atom stereocenters. The molecule has 0 radical (unpaired) electrons. The summed E-state index contributed by atoms with van der Waals surface area (Å²) >= 11 is 0. The van der Waals surface area contributed by atoms with Crippen molar-refractivity contribution in [2.75, 3.05) is 38.6 Å². The first-order valence-electron chi connectivity index (χ1n) is 11.6. The van der Waals surface area contributed by atoms with Crippen LogP contribution in [0, 0.1) is 5.92 Å². The number of carbonyl (C=O) groups excluding carboxylic acids is 1. The fraction of sp³-hybridized carbons (Fsp3) is 0.519. The van der Waals surface area contributed by atoms with Gasteiger partial charge in [-0.2, -0.15) is 0 Å². The smallest absolute Gasteiger partial charge is 0.122 e. The van der Waals surface area contributed by atoms with E-state index >= 15 is 0 Å². The molecule has 0 atom stereocenters. The number of hydrogen-bond donors (Lipinski definition) is 2. The van der Waals surface area contributed by atoms with Crippen LogP contribution >= 0.6 is 0 Å². The summed E-state index contributed by atoms with van der Waals surface area (Å²) < 4.78 is 0. The van der Waals surface area contributed by atoms with Gasteiger partial charge in [-0.15, -0.1) is 0 Å². The van der Waals surface area contributed by atoms with Crippen LogP contribution in [0.2, 0.25) is 0 Å². The molecule has 1 heterocycles. The fourth-order valence-electron chi connectivity index (χ4n) is 3.59. The Morgan fingerprint density at radius 1 is 1.10 bits per heavy atom. The van der Waals surface area contributed by atoms with Crippen LogP contribution in [0.3, 0.4) is 0 Å². The van der Waals surface area contributed by atoms with E-state index in [1.165, 1.54) is 62.1 Å². The predicted octanol–water partition coefficient (Wildman–Crippen LogP) is 5.38. The summed E-state index contributed by atoms with van der Waals surface area (Å²) in [7, 11) is 1.99. The standard InChI is InChI=1S/C21H28N2.C4H8O.C2H6O/c1-22-21-11-5-10-20(17-21)19-12-15-23(16-13-19)14-6-9-18-7-3-2-4-8-18;1-4(2)3-5;1-2-3/h2-5,7-8,10-11,17,19,22H,6,9,12-16H2,1H3;3-4H,1-2H3;3H,2H2,1H3. The monoisotopic (exact) mass is 426 g/mol. The van der Waals surface area contributed by atoms with E-state index in [-0.39, 0.29) is 12.5 Å². The SMILES string of the molecule is CC(C)C=O.CCO.CNc1cccc(C2CCN(CCCc3ccccc3)CC2)c1. The molecule has 1 fully saturated rings. The third kappa shape index (κ3) is 11.7. The molecule has 1 aliphatic rings. The number of aliphatic hydroxyl groups is 1. The third-order valence-corrected chi connectivity index (χ3v) is 5.29. The average Bonchev–Trinajstić information content (AvgIpc) is 2.81. The first-order valence-corrected chi connectivity index (χ1v) is 11.6. The van der Waals surface area contributed by atoms with Gasteiger partial charge in [-0.3, -0.25) is 0 Å². The maximum atomic E-state index is 9.50. The molecular formula is C27H42N2O2. The molecule has 0 spiro atoms. The molecule has 2 aromatic rings. The molecule has 0 amide bonds. The number of hydrogen-bond acceptors (Lipinski definition) is 4. The molecule has 31 heavy (non-hydrogen) atoms. The van der Waals surface area contributed by atoms with Crippen LogP contribution in [0.25, 0.3) is 0 Å². The first-order chi connectivity index (χ1) is 15.0. The summed E-state index contributed by atoms with van der Waals surface area (Å²) in [6.07, 6.45) is 5.96.